The van der Waals surface area contributed by atoms with E-state index in [2.05, 4.69) is 60.1 Å². The molecule has 1 N–H and O–H groups in total. The zero-order chi connectivity index (χ0) is 12.8. The van der Waals surface area contributed by atoms with Crippen LogP contribution < -0.4 is 10.2 Å². The summed E-state index contributed by atoms with van der Waals surface area (Å²) in [6, 6.07) is 8.83. The number of thioether (sulfide) groups is 1. The first-order valence-corrected chi connectivity index (χ1v) is 8.05. The first-order chi connectivity index (χ1) is 8.85. The van der Waals surface area contributed by atoms with E-state index >= 15 is 0 Å². The topological polar surface area (TPSA) is 15.3 Å². The highest BCUT2D eigenvalue weighted by Gasteiger charge is 2.20. The highest BCUT2D eigenvalue weighted by atomic mass is 32.2. The molecule has 18 heavy (non-hydrogen) atoms. The summed E-state index contributed by atoms with van der Waals surface area (Å²) in [6.45, 7) is 8.85. The fourth-order valence-electron chi connectivity index (χ4n) is 2.41. The van der Waals surface area contributed by atoms with Crippen molar-refractivity contribution in [2.24, 2.45) is 0 Å². The van der Waals surface area contributed by atoms with Crippen molar-refractivity contribution in [2.75, 3.05) is 30.3 Å². The Kier molecular flexibility index (Phi) is 5.39. The standard InChI is InChI=1S/C15H24N2S/c1-3-14-12-17(9-10-18-14)15-8-6-5-7-13(15)11-16-4-2/h5-8,14,16H,3-4,9-12H2,1-2H3. The van der Waals surface area contributed by atoms with Gasteiger partial charge in [0.2, 0.25) is 0 Å². The zero-order valence-corrected chi connectivity index (χ0v) is 12.3. The second kappa shape index (κ2) is 7.05. The molecule has 1 heterocycles. The van der Waals surface area contributed by atoms with E-state index in [-0.39, 0.29) is 0 Å². The number of hydrogen-bond donors (Lipinski definition) is 1. The van der Waals surface area contributed by atoms with Crippen molar-refractivity contribution >= 4 is 17.4 Å². The lowest BCUT2D eigenvalue weighted by atomic mass is 10.1. The Morgan fingerprint density at radius 1 is 1.33 bits per heavy atom. The maximum absolute atomic E-state index is 3.44. The Morgan fingerprint density at radius 2 is 2.17 bits per heavy atom. The minimum Gasteiger partial charge on any atom is -0.369 e. The lowest BCUT2D eigenvalue weighted by Gasteiger charge is -2.35. The number of hydrogen-bond acceptors (Lipinski definition) is 3. The summed E-state index contributed by atoms with van der Waals surface area (Å²) in [5.74, 6) is 1.26. The lowest BCUT2D eigenvalue weighted by Crippen LogP contribution is -2.38. The molecule has 1 aromatic carbocycles. The Bertz CT molecular complexity index is 367. The molecular formula is C15H24N2S. The fourth-order valence-corrected chi connectivity index (χ4v) is 3.59. The summed E-state index contributed by atoms with van der Waals surface area (Å²) in [5, 5.41) is 4.23. The number of anilines is 1. The molecule has 1 atom stereocenters. The van der Waals surface area contributed by atoms with E-state index in [1.165, 1.54) is 36.5 Å². The van der Waals surface area contributed by atoms with Gasteiger partial charge in [-0.15, -0.1) is 0 Å². The summed E-state index contributed by atoms with van der Waals surface area (Å²) in [5.41, 5.74) is 2.86. The van der Waals surface area contributed by atoms with Crippen molar-refractivity contribution in [1.29, 1.82) is 0 Å². The van der Waals surface area contributed by atoms with E-state index in [0.29, 0.717) is 0 Å². The first-order valence-electron chi connectivity index (χ1n) is 7.00. The Balaban J connectivity index is 2.11. The average molecular weight is 264 g/mol. The summed E-state index contributed by atoms with van der Waals surface area (Å²) in [6.07, 6.45) is 1.27. The second-order valence-corrected chi connectivity index (χ2v) is 6.16. The Hall–Kier alpha value is -0.670. The maximum atomic E-state index is 3.44. The molecular weight excluding hydrogens is 240 g/mol. The normalized spacial score (nSPS) is 20.1. The van der Waals surface area contributed by atoms with Crippen molar-refractivity contribution in [3.05, 3.63) is 29.8 Å². The molecule has 0 saturated carbocycles. The highest BCUT2D eigenvalue weighted by Crippen LogP contribution is 2.28. The predicted molar refractivity (Wildman–Crippen MR) is 82.6 cm³/mol. The molecule has 0 bridgehead atoms. The van der Waals surface area contributed by atoms with Crippen molar-refractivity contribution in [2.45, 2.75) is 32.1 Å². The van der Waals surface area contributed by atoms with E-state index in [0.717, 1.165) is 18.3 Å². The summed E-state index contributed by atoms with van der Waals surface area (Å²) < 4.78 is 0. The molecule has 100 valence electrons. The number of para-hydroxylation sites is 1. The maximum Gasteiger partial charge on any atom is 0.0412 e. The van der Waals surface area contributed by atoms with Crippen LogP contribution in [0.5, 0.6) is 0 Å². The lowest BCUT2D eigenvalue weighted by molar-refractivity contribution is 0.702. The molecule has 0 amide bonds. The Morgan fingerprint density at radius 3 is 2.94 bits per heavy atom. The molecule has 0 aromatic heterocycles. The number of benzene rings is 1. The van der Waals surface area contributed by atoms with Gasteiger partial charge in [0, 0.05) is 36.3 Å². The van der Waals surface area contributed by atoms with Crippen LogP contribution in [0.2, 0.25) is 0 Å². The van der Waals surface area contributed by atoms with Gasteiger partial charge in [-0.2, -0.15) is 11.8 Å². The van der Waals surface area contributed by atoms with Crippen LogP contribution in [0.25, 0.3) is 0 Å². The molecule has 1 aliphatic rings. The van der Waals surface area contributed by atoms with Gasteiger partial charge in [-0.1, -0.05) is 32.0 Å². The summed E-state index contributed by atoms with van der Waals surface area (Å²) in [7, 11) is 0. The van der Waals surface area contributed by atoms with Gasteiger partial charge in [-0.3, -0.25) is 0 Å². The van der Waals surface area contributed by atoms with Gasteiger partial charge in [0.1, 0.15) is 0 Å². The van der Waals surface area contributed by atoms with Crippen LogP contribution in [0.15, 0.2) is 24.3 Å². The van der Waals surface area contributed by atoms with Gasteiger partial charge in [0.25, 0.3) is 0 Å². The van der Waals surface area contributed by atoms with Gasteiger partial charge in [0.05, 0.1) is 0 Å². The molecule has 0 aliphatic carbocycles. The average Bonchev–Trinajstić information content (AvgIpc) is 2.45. The number of nitrogens with zero attached hydrogens (tertiary/aromatic N) is 1. The van der Waals surface area contributed by atoms with E-state index in [9.17, 15) is 0 Å². The molecule has 0 radical (unpaired) electrons. The van der Waals surface area contributed by atoms with E-state index in [4.69, 9.17) is 0 Å². The van der Waals surface area contributed by atoms with Crippen molar-refractivity contribution < 1.29 is 0 Å². The van der Waals surface area contributed by atoms with Gasteiger partial charge in [-0.05, 0) is 24.6 Å². The van der Waals surface area contributed by atoms with Crippen LogP contribution in [0.1, 0.15) is 25.8 Å². The monoisotopic (exact) mass is 264 g/mol. The third-order valence-corrected chi connectivity index (χ3v) is 4.86. The van der Waals surface area contributed by atoms with Crippen molar-refractivity contribution in [1.82, 2.24) is 5.32 Å². The molecule has 1 aliphatic heterocycles. The van der Waals surface area contributed by atoms with Crippen LogP contribution in [-0.2, 0) is 6.54 Å². The van der Waals surface area contributed by atoms with E-state index in [1.54, 1.807) is 0 Å². The summed E-state index contributed by atoms with van der Waals surface area (Å²) >= 11 is 2.13. The fraction of sp³-hybridized carbons (Fsp3) is 0.600. The van der Waals surface area contributed by atoms with E-state index in [1.807, 2.05) is 0 Å². The van der Waals surface area contributed by atoms with Crippen LogP contribution >= 0.6 is 11.8 Å². The zero-order valence-electron chi connectivity index (χ0n) is 11.5. The molecule has 1 aromatic rings. The smallest absolute Gasteiger partial charge is 0.0412 e. The van der Waals surface area contributed by atoms with Crippen molar-refractivity contribution in [3.8, 4) is 0 Å². The minimum absolute atomic E-state index is 0.797. The predicted octanol–water partition coefficient (Wildman–Crippen LogP) is 3.13. The van der Waals surface area contributed by atoms with Gasteiger partial charge in [0.15, 0.2) is 0 Å². The first kappa shape index (κ1) is 13.8. The molecule has 3 heteroatoms. The third kappa shape index (κ3) is 3.42. The van der Waals surface area contributed by atoms with Gasteiger partial charge in [-0.25, -0.2) is 0 Å². The van der Waals surface area contributed by atoms with Gasteiger partial charge < -0.3 is 10.2 Å². The SMILES string of the molecule is CCNCc1ccccc1N1CCSC(CC)C1. The molecule has 0 spiro atoms. The quantitative estimate of drug-likeness (QED) is 0.879. The molecule has 1 saturated heterocycles. The number of nitrogens with one attached hydrogen (secondary N) is 1. The van der Waals surface area contributed by atoms with Crippen LogP contribution in [-0.4, -0.2) is 30.6 Å². The van der Waals surface area contributed by atoms with Crippen molar-refractivity contribution in [3.63, 3.8) is 0 Å². The molecule has 1 fully saturated rings. The van der Waals surface area contributed by atoms with Gasteiger partial charge >= 0.3 is 0 Å². The van der Waals surface area contributed by atoms with Crippen LogP contribution in [0, 0.1) is 0 Å². The minimum atomic E-state index is 0.797. The molecule has 2 nitrogen and oxygen atoms in total. The van der Waals surface area contributed by atoms with Crippen LogP contribution in [0.4, 0.5) is 5.69 Å². The highest BCUT2D eigenvalue weighted by molar-refractivity contribution is 8.00. The summed E-state index contributed by atoms with van der Waals surface area (Å²) in [4.78, 5) is 2.57. The Labute approximate surface area is 115 Å². The van der Waals surface area contributed by atoms with E-state index < -0.39 is 0 Å². The third-order valence-electron chi connectivity index (χ3n) is 3.49. The second-order valence-electron chi connectivity index (χ2n) is 4.76. The molecule has 2 rings (SSSR count). The number of rotatable bonds is 5. The molecule has 1 unspecified atom stereocenters. The largest absolute Gasteiger partial charge is 0.369 e. The van der Waals surface area contributed by atoms with Crippen LogP contribution in [0.3, 0.4) is 0 Å².